The highest BCUT2D eigenvalue weighted by Gasteiger charge is 2.55. The fourth-order valence-corrected chi connectivity index (χ4v) is 5.10. The maximum Gasteiger partial charge on any atom is 0.191 e. The van der Waals surface area contributed by atoms with Crippen molar-refractivity contribution < 1.29 is 14.2 Å². The minimum atomic E-state index is 0. The van der Waals surface area contributed by atoms with E-state index in [1.54, 1.807) is 0 Å². The summed E-state index contributed by atoms with van der Waals surface area (Å²) in [6.45, 7) is 9.21. The zero-order valence-corrected chi connectivity index (χ0v) is 20.7. The number of nitrogens with one attached hydrogen (secondary N) is 2. The molecule has 2 aliphatic carbocycles. The van der Waals surface area contributed by atoms with Crippen LogP contribution >= 0.6 is 24.0 Å². The SMILES string of the molecule is CCNC(=NCCCOC1CCOCC1)NC1CC(OCC)C12CCCCC2.I. The Morgan fingerprint density at radius 3 is 2.55 bits per heavy atom. The molecule has 0 aromatic carbocycles. The van der Waals surface area contributed by atoms with Gasteiger partial charge in [0, 0.05) is 51.0 Å². The number of aliphatic imine (C=N–C) groups is 1. The van der Waals surface area contributed by atoms with Crippen molar-refractivity contribution in [3.05, 3.63) is 0 Å². The van der Waals surface area contributed by atoms with Crippen LogP contribution in [0.5, 0.6) is 0 Å². The predicted octanol–water partition coefficient (Wildman–Crippen LogP) is 3.87. The van der Waals surface area contributed by atoms with Crippen LogP contribution < -0.4 is 10.6 Å². The largest absolute Gasteiger partial charge is 0.381 e. The van der Waals surface area contributed by atoms with Gasteiger partial charge in [-0.1, -0.05) is 19.3 Å². The Labute approximate surface area is 194 Å². The minimum absolute atomic E-state index is 0. The summed E-state index contributed by atoms with van der Waals surface area (Å²) in [5, 5.41) is 7.18. The molecule has 2 saturated carbocycles. The normalized spacial score (nSPS) is 27.2. The molecule has 2 N–H and O–H groups in total. The van der Waals surface area contributed by atoms with Gasteiger partial charge in [-0.05, 0) is 52.4 Å². The number of nitrogens with zero attached hydrogens (tertiary/aromatic N) is 1. The highest BCUT2D eigenvalue weighted by molar-refractivity contribution is 14.0. The number of guanidine groups is 1. The van der Waals surface area contributed by atoms with Crippen LogP contribution in [0.2, 0.25) is 0 Å². The summed E-state index contributed by atoms with van der Waals surface area (Å²) in [5.74, 6) is 0.957. The van der Waals surface area contributed by atoms with Gasteiger partial charge >= 0.3 is 0 Å². The van der Waals surface area contributed by atoms with Gasteiger partial charge in [0.15, 0.2) is 5.96 Å². The van der Waals surface area contributed by atoms with Crippen molar-refractivity contribution in [1.29, 1.82) is 0 Å². The predicted molar refractivity (Wildman–Crippen MR) is 128 cm³/mol. The van der Waals surface area contributed by atoms with Crippen molar-refractivity contribution in [2.24, 2.45) is 10.4 Å². The molecule has 3 aliphatic rings. The maximum absolute atomic E-state index is 6.09. The van der Waals surface area contributed by atoms with E-state index >= 15 is 0 Å². The molecule has 3 fully saturated rings. The third-order valence-corrected chi connectivity index (χ3v) is 6.69. The first-order chi connectivity index (χ1) is 13.8. The third kappa shape index (κ3) is 6.94. The topological polar surface area (TPSA) is 64.1 Å². The first kappa shape index (κ1) is 25.1. The molecule has 170 valence electrons. The van der Waals surface area contributed by atoms with Crippen LogP contribution in [0.15, 0.2) is 4.99 Å². The van der Waals surface area contributed by atoms with Crippen molar-refractivity contribution in [3.63, 3.8) is 0 Å². The number of rotatable bonds is 9. The minimum Gasteiger partial charge on any atom is -0.381 e. The summed E-state index contributed by atoms with van der Waals surface area (Å²) in [6.07, 6.45) is 11.5. The molecule has 1 saturated heterocycles. The quantitative estimate of drug-likeness (QED) is 0.208. The highest BCUT2D eigenvalue weighted by atomic mass is 127. The molecule has 6 nitrogen and oxygen atoms in total. The van der Waals surface area contributed by atoms with Gasteiger partial charge in [-0.25, -0.2) is 0 Å². The summed E-state index contributed by atoms with van der Waals surface area (Å²) in [4.78, 5) is 4.82. The molecule has 7 heteroatoms. The molecule has 0 aromatic heterocycles. The third-order valence-electron chi connectivity index (χ3n) is 6.69. The van der Waals surface area contributed by atoms with E-state index in [0.717, 1.165) is 71.2 Å². The van der Waals surface area contributed by atoms with Crippen LogP contribution in [0.4, 0.5) is 0 Å². The average Bonchev–Trinajstić information content (AvgIpc) is 2.74. The van der Waals surface area contributed by atoms with Gasteiger partial charge in [-0.2, -0.15) is 0 Å². The van der Waals surface area contributed by atoms with Crippen molar-refractivity contribution in [3.8, 4) is 0 Å². The smallest absolute Gasteiger partial charge is 0.191 e. The summed E-state index contributed by atoms with van der Waals surface area (Å²) >= 11 is 0. The first-order valence-corrected chi connectivity index (χ1v) is 11.6. The average molecular weight is 524 g/mol. The van der Waals surface area contributed by atoms with Crippen LogP contribution in [-0.2, 0) is 14.2 Å². The van der Waals surface area contributed by atoms with Crippen molar-refractivity contribution >= 4 is 29.9 Å². The van der Waals surface area contributed by atoms with E-state index in [0.29, 0.717) is 23.7 Å². The fraction of sp³-hybridized carbons (Fsp3) is 0.955. The van der Waals surface area contributed by atoms with Crippen molar-refractivity contribution in [1.82, 2.24) is 10.6 Å². The first-order valence-electron chi connectivity index (χ1n) is 11.6. The van der Waals surface area contributed by atoms with Gasteiger partial charge in [0.25, 0.3) is 0 Å². The Morgan fingerprint density at radius 2 is 1.86 bits per heavy atom. The second kappa shape index (κ2) is 13.3. The van der Waals surface area contributed by atoms with E-state index in [-0.39, 0.29) is 24.0 Å². The lowest BCUT2D eigenvalue weighted by molar-refractivity contribution is -0.145. The lowest BCUT2D eigenvalue weighted by Crippen LogP contribution is -2.66. The van der Waals surface area contributed by atoms with Gasteiger partial charge in [0.05, 0.1) is 12.2 Å². The lowest BCUT2D eigenvalue weighted by Gasteiger charge is -2.58. The molecule has 3 rings (SSSR count). The van der Waals surface area contributed by atoms with E-state index < -0.39 is 0 Å². The van der Waals surface area contributed by atoms with Gasteiger partial charge < -0.3 is 24.8 Å². The standard InChI is InChI=1S/C22H41N3O3.HI/c1-3-23-21(24-13-8-14-28-18-9-15-26-16-10-18)25-19-17-20(27-4-2)22(19)11-6-5-7-12-22;/h18-20H,3-17H2,1-2H3,(H2,23,24,25);1H. The Kier molecular flexibility index (Phi) is 11.6. The van der Waals surface area contributed by atoms with E-state index in [1.807, 2.05) is 0 Å². The second-order valence-electron chi connectivity index (χ2n) is 8.47. The van der Waals surface area contributed by atoms with Crippen LogP contribution in [-0.4, -0.2) is 63.7 Å². The van der Waals surface area contributed by atoms with Gasteiger partial charge in [-0.3, -0.25) is 4.99 Å². The molecular weight excluding hydrogens is 481 g/mol. The van der Waals surface area contributed by atoms with Crippen LogP contribution in [0.3, 0.4) is 0 Å². The number of hydrogen-bond acceptors (Lipinski definition) is 4. The molecule has 29 heavy (non-hydrogen) atoms. The summed E-state index contributed by atoms with van der Waals surface area (Å²) < 4.78 is 17.4. The van der Waals surface area contributed by atoms with E-state index in [9.17, 15) is 0 Å². The zero-order valence-electron chi connectivity index (χ0n) is 18.4. The Bertz CT molecular complexity index is 480. The summed E-state index contributed by atoms with van der Waals surface area (Å²) in [7, 11) is 0. The molecule has 0 aromatic rings. The lowest BCUT2D eigenvalue weighted by atomic mass is 9.55. The fourth-order valence-electron chi connectivity index (χ4n) is 5.10. The van der Waals surface area contributed by atoms with E-state index in [4.69, 9.17) is 19.2 Å². The number of ether oxygens (including phenoxy) is 3. The van der Waals surface area contributed by atoms with Crippen molar-refractivity contribution in [2.75, 3.05) is 39.5 Å². The molecule has 2 atom stereocenters. The summed E-state index contributed by atoms with van der Waals surface area (Å²) in [5.41, 5.74) is 0.316. The molecule has 1 aliphatic heterocycles. The molecule has 1 spiro atoms. The molecule has 0 amide bonds. The molecule has 0 bridgehead atoms. The van der Waals surface area contributed by atoms with Crippen LogP contribution in [0.25, 0.3) is 0 Å². The monoisotopic (exact) mass is 523 g/mol. The Hall–Kier alpha value is -0.120. The molecular formula is C22H42IN3O3. The summed E-state index contributed by atoms with van der Waals surface area (Å²) in [6, 6.07) is 0.487. The van der Waals surface area contributed by atoms with Crippen LogP contribution in [0.1, 0.15) is 71.6 Å². The second-order valence-corrected chi connectivity index (χ2v) is 8.47. The van der Waals surface area contributed by atoms with Gasteiger partial charge in [-0.15, -0.1) is 24.0 Å². The number of halogens is 1. The van der Waals surface area contributed by atoms with Crippen molar-refractivity contribution in [2.45, 2.75) is 89.9 Å². The van der Waals surface area contributed by atoms with E-state index in [2.05, 4.69) is 24.5 Å². The highest BCUT2D eigenvalue weighted by Crippen LogP contribution is 2.53. The maximum atomic E-state index is 6.09. The Morgan fingerprint density at radius 1 is 1.10 bits per heavy atom. The van der Waals surface area contributed by atoms with Crippen LogP contribution in [0, 0.1) is 5.41 Å². The van der Waals surface area contributed by atoms with Gasteiger partial charge in [0.2, 0.25) is 0 Å². The van der Waals surface area contributed by atoms with E-state index in [1.165, 1.54) is 32.1 Å². The molecule has 0 radical (unpaired) electrons. The number of hydrogen-bond donors (Lipinski definition) is 2. The zero-order chi connectivity index (χ0) is 19.7. The molecule has 1 heterocycles. The molecule has 2 unspecified atom stereocenters. The van der Waals surface area contributed by atoms with Gasteiger partial charge in [0.1, 0.15) is 0 Å². The Balaban J connectivity index is 0.00000300.